The molecule has 2 aromatic rings. The molecular weight excluding hydrogens is 432 g/mol. The van der Waals surface area contributed by atoms with Gasteiger partial charge in [-0.15, -0.1) is 0 Å². The van der Waals surface area contributed by atoms with Crippen molar-refractivity contribution in [1.29, 1.82) is 0 Å². The number of anilines is 2. The highest BCUT2D eigenvalue weighted by Gasteiger charge is 2.34. The summed E-state index contributed by atoms with van der Waals surface area (Å²) >= 11 is 5.85. The normalized spacial score (nSPS) is 20.6. The molecule has 1 saturated heterocycles. The Hall–Kier alpha value is -3.13. The van der Waals surface area contributed by atoms with Crippen molar-refractivity contribution in [3.63, 3.8) is 0 Å². The predicted octanol–water partition coefficient (Wildman–Crippen LogP) is 4.25. The number of rotatable bonds is 5. The van der Waals surface area contributed by atoms with Crippen LogP contribution in [-0.2, 0) is 9.53 Å². The number of ether oxygens (including phenoxy) is 1. The van der Waals surface area contributed by atoms with Crippen LogP contribution < -0.4 is 10.6 Å². The lowest BCUT2D eigenvalue weighted by atomic mass is 9.84. The highest BCUT2D eigenvalue weighted by Crippen LogP contribution is 2.30. The molecule has 0 unspecified atom stereocenters. The average molecular weight is 457 g/mol. The smallest absolute Gasteiger partial charge is 0.410 e. The maximum atomic E-state index is 12.9. The van der Waals surface area contributed by atoms with Crippen molar-refractivity contribution < 1.29 is 19.1 Å². The summed E-state index contributed by atoms with van der Waals surface area (Å²) < 4.78 is 5.02. The van der Waals surface area contributed by atoms with E-state index in [1.54, 1.807) is 29.2 Å². The monoisotopic (exact) mass is 456 g/mol. The van der Waals surface area contributed by atoms with Crippen LogP contribution in [0.15, 0.2) is 36.5 Å². The van der Waals surface area contributed by atoms with E-state index >= 15 is 0 Å². The van der Waals surface area contributed by atoms with Crippen LogP contribution in [0.2, 0.25) is 5.02 Å². The summed E-state index contributed by atoms with van der Waals surface area (Å²) in [5.74, 6) is -0.276. The Morgan fingerprint density at radius 3 is 2.56 bits per heavy atom. The van der Waals surface area contributed by atoms with Crippen molar-refractivity contribution in [2.75, 3.05) is 23.8 Å². The molecule has 2 fully saturated rings. The van der Waals surface area contributed by atoms with Crippen molar-refractivity contribution >= 4 is 41.0 Å². The molecule has 2 heterocycles. The van der Waals surface area contributed by atoms with E-state index in [-0.39, 0.29) is 29.9 Å². The second-order valence-electron chi connectivity index (χ2n) is 8.17. The van der Waals surface area contributed by atoms with E-state index in [1.165, 1.54) is 6.20 Å². The number of pyridine rings is 1. The molecule has 32 heavy (non-hydrogen) atoms. The van der Waals surface area contributed by atoms with Gasteiger partial charge in [0, 0.05) is 18.2 Å². The van der Waals surface area contributed by atoms with Crippen LogP contribution >= 0.6 is 11.6 Å². The number of carbonyl (C=O) groups is 3. The number of aromatic nitrogens is 1. The van der Waals surface area contributed by atoms with Gasteiger partial charge in [0.05, 0.1) is 22.8 Å². The van der Waals surface area contributed by atoms with Gasteiger partial charge >= 0.3 is 6.09 Å². The Balaban J connectivity index is 1.40. The highest BCUT2D eigenvalue weighted by molar-refractivity contribution is 6.30. The summed E-state index contributed by atoms with van der Waals surface area (Å²) in [7, 11) is 0. The van der Waals surface area contributed by atoms with Crippen LogP contribution in [0.5, 0.6) is 0 Å². The van der Waals surface area contributed by atoms with Crippen LogP contribution in [0.3, 0.4) is 0 Å². The molecule has 1 aliphatic carbocycles. The quantitative estimate of drug-likeness (QED) is 0.700. The number of carbonyl (C=O) groups excluding carboxylic acids is 3. The van der Waals surface area contributed by atoms with E-state index in [4.69, 9.17) is 16.3 Å². The van der Waals surface area contributed by atoms with Crippen molar-refractivity contribution in [3.8, 4) is 0 Å². The minimum atomic E-state index is -0.366. The van der Waals surface area contributed by atoms with Gasteiger partial charge in [0.1, 0.15) is 12.4 Å². The molecule has 0 bridgehead atoms. The second kappa shape index (κ2) is 9.56. The summed E-state index contributed by atoms with van der Waals surface area (Å²) in [6.45, 7) is 2.93. The Morgan fingerprint density at radius 2 is 1.91 bits per heavy atom. The van der Waals surface area contributed by atoms with Gasteiger partial charge in [-0.25, -0.2) is 9.78 Å². The van der Waals surface area contributed by atoms with Gasteiger partial charge in [0.15, 0.2) is 0 Å². The fourth-order valence-corrected chi connectivity index (χ4v) is 4.32. The third kappa shape index (κ3) is 5.02. The zero-order valence-corrected chi connectivity index (χ0v) is 18.5. The third-order valence-corrected chi connectivity index (χ3v) is 6.17. The predicted molar refractivity (Wildman–Crippen MR) is 121 cm³/mol. The number of hydrogen-bond donors (Lipinski definition) is 2. The number of cyclic esters (lactones) is 1. The number of nitrogens with zero attached hydrogens (tertiary/aromatic N) is 2. The number of benzene rings is 1. The minimum Gasteiger partial charge on any atom is -0.448 e. The van der Waals surface area contributed by atoms with Gasteiger partial charge in [-0.1, -0.05) is 23.2 Å². The van der Waals surface area contributed by atoms with Gasteiger partial charge in [-0.05, 0) is 56.9 Å². The molecule has 8 nitrogen and oxygen atoms in total. The summed E-state index contributed by atoms with van der Waals surface area (Å²) in [5.41, 5.74) is 1.72. The Bertz CT molecular complexity index is 1020. The zero-order chi connectivity index (χ0) is 22.7. The lowest BCUT2D eigenvalue weighted by Crippen LogP contribution is -2.40. The van der Waals surface area contributed by atoms with Crippen LogP contribution in [0, 0.1) is 12.8 Å². The average Bonchev–Trinajstić information content (AvgIpc) is 3.22. The minimum absolute atomic E-state index is 0.116. The first kappa shape index (κ1) is 22.1. The fourth-order valence-electron chi connectivity index (χ4n) is 4.21. The van der Waals surface area contributed by atoms with Crippen molar-refractivity contribution in [2.45, 2.75) is 38.6 Å². The first-order valence-corrected chi connectivity index (χ1v) is 11.1. The second-order valence-corrected chi connectivity index (χ2v) is 8.60. The van der Waals surface area contributed by atoms with Crippen molar-refractivity contribution in [1.82, 2.24) is 9.88 Å². The van der Waals surface area contributed by atoms with Crippen LogP contribution in [0.25, 0.3) is 0 Å². The first-order chi connectivity index (χ1) is 15.4. The molecule has 4 rings (SSSR count). The van der Waals surface area contributed by atoms with Gasteiger partial charge in [0.2, 0.25) is 5.91 Å². The van der Waals surface area contributed by atoms with Crippen molar-refractivity contribution in [2.24, 2.45) is 5.92 Å². The van der Waals surface area contributed by atoms with Crippen LogP contribution in [-0.4, -0.2) is 47.0 Å². The number of nitrogens with one attached hydrogen (secondary N) is 2. The van der Waals surface area contributed by atoms with Gasteiger partial charge < -0.3 is 20.3 Å². The number of aryl methyl sites for hydroxylation is 1. The molecule has 1 aliphatic heterocycles. The van der Waals surface area contributed by atoms with Crippen molar-refractivity contribution in [3.05, 3.63) is 52.7 Å². The lowest BCUT2D eigenvalue weighted by molar-refractivity contribution is -0.121. The third-order valence-electron chi connectivity index (χ3n) is 5.95. The standard InChI is InChI=1S/C23H25ClN4O4/c1-14-2-8-19(18(12-14)22(30)27-20-9-5-16(24)13-25-20)26-21(29)15-3-6-17(7-4-15)28-10-11-32-23(28)31/h2,5,8-9,12-13,15,17H,3-4,6-7,10-11H2,1H3,(H,26,29)(H,25,27,30)/t15-,17-. The molecule has 0 radical (unpaired) electrons. The van der Waals surface area contributed by atoms with E-state index in [1.807, 2.05) is 13.0 Å². The first-order valence-electron chi connectivity index (χ1n) is 10.7. The molecule has 0 spiro atoms. The molecule has 0 atom stereocenters. The molecule has 1 aromatic carbocycles. The molecule has 1 aromatic heterocycles. The van der Waals surface area contributed by atoms with E-state index in [9.17, 15) is 14.4 Å². The molecule has 1 saturated carbocycles. The molecule has 168 valence electrons. The lowest BCUT2D eigenvalue weighted by Gasteiger charge is -2.32. The molecule has 3 amide bonds. The molecule has 9 heteroatoms. The van der Waals surface area contributed by atoms with E-state index in [0.29, 0.717) is 48.1 Å². The van der Waals surface area contributed by atoms with Gasteiger partial charge in [0.25, 0.3) is 5.91 Å². The Morgan fingerprint density at radius 1 is 1.12 bits per heavy atom. The van der Waals surface area contributed by atoms with Gasteiger partial charge in [-0.3, -0.25) is 9.59 Å². The molecule has 2 N–H and O–H groups in total. The Kier molecular flexibility index (Phi) is 6.60. The van der Waals surface area contributed by atoms with Crippen LogP contribution in [0.1, 0.15) is 41.6 Å². The molecular formula is C23H25ClN4O4. The van der Waals surface area contributed by atoms with E-state index in [2.05, 4.69) is 15.6 Å². The number of hydrogen-bond acceptors (Lipinski definition) is 5. The Labute approximate surface area is 191 Å². The highest BCUT2D eigenvalue weighted by atomic mass is 35.5. The summed E-state index contributed by atoms with van der Waals surface area (Å²) in [5, 5.41) is 6.14. The zero-order valence-electron chi connectivity index (χ0n) is 17.8. The topological polar surface area (TPSA) is 101 Å². The van der Waals surface area contributed by atoms with E-state index < -0.39 is 0 Å². The summed E-state index contributed by atoms with van der Waals surface area (Å²) in [6.07, 6.45) is 4.08. The molecule has 2 aliphatic rings. The van der Waals surface area contributed by atoms with Gasteiger partial charge in [-0.2, -0.15) is 0 Å². The maximum absolute atomic E-state index is 12.9. The SMILES string of the molecule is Cc1ccc(NC(=O)[C@H]2CC[C@H](N3CCOC3=O)CC2)c(C(=O)Nc2ccc(Cl)cn2)c1. The fraction of sp³-hybridized carbons (Fsp3) is 0.391. The largest absolute Gasteiger partial charge is 0.448 e. The number of amides is 3. The number of halogens is 1. The summed E-state index contributed by atoms with van der Waals surface area (Å²) in [6, 6.07) is 8.70. The maximum Gasteiger partial charge on any atom is 0.410 e. The van der Waals surface area contributed by atoms with E-state index in [0.717, 1.165) is 18.4 Å². The summed E-state index contributed by atoms with van der Waals surface area (Å²) in [4.78, 5) is 43.4. The van der Waals surface area contributed by atoms with Crippen LogP contribution in [0.4, 0.5) is 16.3 Å².